The van der Waals surface area contributed by atoms with Gasteiger partial charge in [-0.3, -0.25) is 4.79 Å². The zero-order chi connectivity index (χ0) is 46.4. The van der Waals surface area contributed by atoms with E-state index in [0.29, 0.717) is 27.2 Å². The molecule has 10 heteroatoms. The molecule has 0 aliphatic rings. The molecule has 0 radical (unpaired) electrons. The molecule has 9 aromatic rings. The minimum absolute atomic E-state index is 0.382. The molecule has 334 valence electrons. The van der Waals surface area contributed by atoms with Crippen LogP contribution in [0.2, 0.25) is 0 Å². The maximum Gasteiger partial charge on any atom is 0.343 e. The van der Waals surface area contributed by atoms with Crippen LogP contribution in [-0.2, 0) is 0 Å². The number of rotatable bonds is 16. The van der Waals surface area contributed by atoms with Gasteiger partial charge in [-0.1, -0.05) is 48.6 Å². The molecule has 0 aliphatic heterocycles. The summed E-state index contributed by atoms with van der Waals surface area (Å²) in [6.45, 7) is 11.9. The van der Waals surface area contributed by atoms with Crippen molar-refractivity contribution in [1.82, 2.24) is 0 Å². The quantitative estimate of drug-likeness (QED) is 0.0700. The highest BCUT2D eigenvalue weighted by atomic mass is 32.1. The fraction of sp³-hybridized carbons (Fsp3) is 0.140. The van der Waals surface area contributed by atoms with Crippen molar-refractivity contribution in [3.05, 3.63) is 194 Å². The first-order chi connectivity index (χ1) is 32.7. The predicted molar refractivity (Wildman–Crippen MR) is 283 cm³/mol. The number of hydrogen-bond donors (Lipinski definition) is 0. The van der Waals surface area contributed by atoms with E-state index in [2.05, 4.69) is 115 Å². The van der Waals surface area contributed by atoms with Crippen LogP contribution < -0.4 is 26.0 Å². The maximum atomic E-state index is 13.1. The third-order valence-electron chi connectivity index (χ3n) is 12.0. The van der Waals surface area contributed by atoms with Gasteiger partial charge < -0.3 is 23.5 Å². The van der Waals surface area contributed by atoms with Crippen molar-refractivity contribution in [1.29, 1.82) is 0 Å². The summed E-state index contributed by atoms with van der Waals surface area (Å²) in [5.41, 5.74) is 9.21. The molecule has 5 aromatic carbocycles. The number of carbonyl (C=O) groups is 1. The Bertz CT molecular complexity index is 3210. The fourth-order valence-electron chi connectivity index (χ4n) is 8.27. The number of carbonyl (C=O) groups excluding carboxylic acids is 1. The molecular weight excluding hydrogens is 871 g/mol. The van der Waals surface area contributed by atoms with E-state index in [4.69, 9.17) is 8.83 Å². The first kappa shape index (κ1) is 44.7. The number of fused-ring (bicyclic) bond motifs is 2. The van der Waals surface area contributed by atoms with Crippen LogP contribution in [0.4, 0.5) is 28.4 Å². The molecule has 0 aliphatic carbocycles. The van der Waals surface area contributed by atoms with Crippen LogP contribution in [0.1, 0.15) is 59.6 Å². The first-order valence-corrected chi connectivity index (χ1v) is 24.1. The van der Waals surface area contributed by atoms with E-state index in [1.165, 1.54) is 11.3 Å². The monoisotopic (exact) mass is 919 g/mol. The maximum absolute atomic E-state index is 13.1. The number of thiophene rings is 2. The van der Waals surface area contributed by atoms with Gasteiger partial charge in [0.05, 0.1) is 16.0 Å². The average Bonchev–Trinajstić information content (AvgIpc) is 4.06. The average molecular weight is 920 g/mol. The van der Waals surface area contributed by atoms with Gasteiger partial charge in [-0.25, -0.2) is 9.59 Å². The topological polar surface area (TPSA) is 87.2 Å². The largest absolute Gasteiger partial charge is 0.422 e. The Balaban J connectivity index is 0.991. The summed E-state index contributed by atoms with van der Waals surface area (Å²) in [5.74, 6) is 0. The standard InChI is InChI=1S/C57H49N3O5S2/c1-5-58(6-2)48-27-19-41-33-43(56(62)64-51(41)35-48)15-9-38-11-21-45(22-12-38)60(47-25-17-40(18-26-47)53-31-32-55(67-53)54-30-29-50(37-61)66-54)46-23-13-39(14-24-46)10-16-44-34-42-20-28-49(59(7-3)8-4)36-52(42)65-57(44)63/h9-37H,5-8H2,1-4H3/b15-9+,16-10+. The van der Waals surface area contributed by atoms with Gasteiger partial charge in [0, 0.05) is 92.2 Å². The van der Waals surface area contributed by atoms with Crippen LogP contribution in [-0.4, -0.2) is 32.5 Å². The van der Waals surface area contributed by atoms with Gasteiger partial charge in [0.15, 0.2) is 6.29 Å². The smallest absolute Gasteiger partial charge is 0.343 e. The van der Waals surface area contributed by atoms with Gasteiger partial charge in [0.25, 0.3) is 0 Å². The van der Waals surface area contributed by atoms with Crippen LogP contribution in [0.25, 0.3) is 66.4 Å². The number of nitrogens with zero attached hydrogens (tertiary/aromatic N) is 3. The summed E-state index contributed by atoms with van der Waals surface area (Å²) in [5, 5.41) is 1.74. The Morgan fingerprint density at radius 1 is 0.448 bits per heavy atom. The van der Waals surface area contributed by atoms with Gasteiger partial charge in [0.1, 0.15) is 11.2 Å². The van der Waals surface area contributed by atoms with Crippen LogP contribution in [0.15, 0.2) is 164 Å². The molecule has 0 atom stereocenters. The first-order valence-electron chi connectivity index (χ1n) is 22.5. The van der Waals surface area contributed by atoms with Crippen molar-refractivity contribution in [2.24, 2.45) is 0 Å². The lowest BCUT2D eigenvalue weighted by Crippen LogP contribution is -2.21. The number of hydrogen-bond acceptors (Lipinski definition) is 10. The zero-order valence-electron chi connectivity index (χ0n) is 37.8. The molecule has 0 saturated carbocycles. The lowest BCUT2D eigenvalue weighted by molar-refractivity contribution is 0.112. The predicted octanol–water partition coefficient (Wildman–Crippen LogP) is 14.7. The van der Waals surface area contributed by atoms with E-state index in [1.807, 2.05) is 97.1 Å². The number of benzene rings is 5. The van der Waals surface area contributed by atoms with Crippen molar-refractivity contribution in [2.45, 2.75) is 27.7 Å². The highest BCUT2D eigenvalue weighted by molar-refractivity contribution is 7.24. The van der Waals surface area contributed by atoms with E-state index in [9.17, 15) is 14.4 Å². The lowest BCUT2D eigenvalue weighted by Gasteiger charge is -2.26. The van der Waals surface area contributed by atoms with Crippen LogP contribution in [0.5, 0.6) is 0 Å². The lowest BCUT2D eigenvalue weighted by atomic mass is 10.1. The number of aldehydes is 1. The minimum Gasteiger partial charge on any atom is -0.422 e. The SMILES string of the molecule is CCN(CC)c1ccc2cc(/C=C/c3ccc(N(c4ccc(/C=C/c5cc6ccc(N(CC)CC)cc6oc5=O)cc4)c4ccc(-c5ccc(-c6ccc(C=O)s6)s5)cc4)cc3)c(=O)oc2c1. The Hall–Kier alpha value is -7.53. The van der Waals surface area contributed by atoms with Crippen LogP contribution >= 0.6 is 22.7 Å². The van der Waals surface area contributed by atoms with Gasteiger partial charge in [-0.05, 0) is 154 Å². The molecule has 0 amide bonds. The van der Waals surface area contributed by atoms with E-state index in [-0.39, 0.29) is 11.3 Å². The highest BCUT2D eigenvalue weighted by Gasteiger charge is 2.15. The van der Waals surface area contributed by atoms with E-state index in [1.54, 1.807) is 11.3 Å². The molecule has 8 nitrogen and oxygen atoms in total. The van der Waals surface area contributed by atoms with Crippen LogP contribution in [0, 0.1) is 0 Å². The van der Waals surface area contributed by atoms with Crippen LogP contribution in [0.3, 0.4) is 0 Å². The molecule has 0 saturated heterocycles. The van der Waals surface area contributed by atoms with Gasteiger partial charge in [0.2, 0.25) is 0 Å². The van der Waals surface area contributed by atoms with Gasteiger partial charge >= 0.3 is 11.3 Å². The summed E-state index contributed by atoms with van der Waals surface area (Å²) >= 11 is 3.20. The van der Waals surface area contributed by atoms with Crippen molar-refractivity contribution >= 4 is 104 Å². The Morgan fingerprint density at radius 3 is 1.31 bits per heavy atom. The van der Waals surface area contributed by atoms with Crippen molar-refractivity contribution < 1.29 is 13.6 Å². The Kier molecular flexibility index (Phi) is 13.3. The summed E-state index contributed by atoms with van der Waals surface area (Å²) in [6, 6.07) is 48.8. The summed E-state index contributed by atoms with van der Waals surface area (Å²) < 4.78 is 11.6. The molecule has 4 aromatic heterocycles. The van der Waals surface area contributed by atoms with E-state index in [0.717, 1.165) is 103 Å². The molecule has 9 rings (SSSR count). The molecule has 0 spiro atoms. The second-order valence-corrected chi connectivity index (χ2v) is 18.2. The number of anilines is 5. The van der Waals surface area contributed by atoms with Gasteiger partial charge in [-0.2, -0.15) is 0 Å². The molecule has 0 N–H and O–H groups in total. The molecule has 67 heavy (non-hydrogen) atoms. The normalized spacial score (nSPS) is 11.6. The summed E-state index contributed by atoms with van der Waals surface area (Å²) in [4.78, 5) is 48.2. The molecular formula is C57H49N3O5S2. The molecule has 0 bridgehead atoms. The Labute approximate surface area is 397 Å². The Morgan fingerprint density at radius 2 is 0.866 bits per heavy atom. The van der Waals surface area contributed by atoms with E-state index < -0.39 is 0 Å². The summed E-state index contributed by atoms with van der Waals surface area (Å²) in [6.07, 6.45) is 8.36. The van der Waals surface area contributed by atoms with E-state index >= 15 is 0 Å². The third-order valence-corrected chi connectivity index (χ3v) is 14.3. The molecule has 0 fully saturated rings. The third kappa shape index (κ3) is 9.72. The minimum atomic E-state index is -0.382. The fourth-order valence-corrected chi connectivity index (χ4v) is 10.2. The van der Waals surface area contributed by atoms with Gasteiger partial charge in [-0.15, -0.1) is 22.7 Å². The highest BCUT2D eigenvalue weighted by Crippen LogP contribution is 2.40. The zero-order valence-corrected chi connectivity index (χ0v) is 39.4. The molecule has 0 unspecified atom stereocenters. The van der Waals surface area contributed by atoms with Crippen molar-refractivity contribution in [3.63, 3.8) is 0 Å². The van der Waals surface area contributed by atoms with Crippen molar-refractivity contribution in [3.8, 4) is 20.2 Å². The van der Waals surface area contributed by atoms with Crippen molar-refractivity contribution in [2.75, 3.05) is 40.9 Å². The molecule has 4 heterocycles. The second kappa shape index (κ2) is 19.9. The summed E-state index contributed by atoms with van der Waals surface area (Å²) in [7, 11) is 0. The second-order valence-electron chi connectivity index (χ2n) is 16.0.